The van der Waals surface area contributed by atoms with Crippen LogP contribution in [0.4, 0.5) is 0 Å². The fourth-order valence-electron chi connectivity index (χ4n) is 6.43. The molecule has 0 saturated heterocycles. The largest absolute Gasteiger partial charge is 0.779 e. The van der Waals surface area contributed by atoms with Gasteiger partial charge in [-0.3, -0.25) is 9.13 Å². The average molecular weight is 1850 g/mol. The molecule has 0 bridgehead atoms. The molecule has 0 aromatic heterocycles. The molecule has 0 spiro atoms. The Bertz CT molecular complexity index is 2200. The molecule has 0 aliphatic carbocycles. The molecule has 0 N–H and O–H groups in total. The minimum absolute atomic E-state index is 0. The lowest BCUT2D eigenvalue weighted by Crippen LogP contribution is -2.16. The summed E-state index contributed by atoms with van der Waals surface area (Å²) in [4.78, 5) is 65.9. The van der Waals surface area contributed by atoms with Crippen molar-refractivity contribution in [3.8, 4) is 0 Å². The van der Waals surface area contributed by atoms with Crippen LogP contribution in [-0.4, -0.2) is 412 Å². The zero-order valence-corrected chi connectivity index (χ0v) is 72.6. The van der Waals surface area contributed by atoms with E-state index in [1.165, 1.54) is 0 Å². The number of ether oxygens (including phenoxy) is 25. The van der Waals surface area contributed by atoms with Crippen molar-refractivity contribution in [2.75, 3.05) is 412 Å². The van der Waals surface area contributed by atoms with Crippen LogP contribution in [0.5, 0.6) is 0 Å². The zero-order valence-electron chi connectivity index (χ0n) is 67.2. The van der Waals surface area contributed by atoms with E-state index in [2.05, 4.69) is 36.2 Å². The van der Waals surface area contributed by atoms with Crippen LogP contribution in [0.25, 0.3) is 0 Å². The third kappa shape index (κ3) is 137. The van der Waals surface area contributed by atoms with E-state index in [1.54, 1.807) is 28.4 Å². The van der Waals surface area contributed by atoms with Crippen molar-refractivity contribution in [2.24, 2.45) is 0 Å². The highest BCUT2D eigenvalue weighted by Gasteiger charge is 2.12. The van der Waals surface area contributed by atoms with Gasteiger partial charge in [-0.15, -0.1) is 0 Å². The van der Waals surface area contributed by atoms with Crippen molar-refractivity contribution in [2.45, 2.75) is 29.7 Å². The molecule has 0 amide bonds. The Kier molecular flexibility index (Phi) is 114. The maximum absolute atomic E-state index is 11.5. The van der Waals surface area contributed by atoms with E-state index in [-0.39, 0.29) is 162 Å². The van der Waals surface area contributed by atoms with Crippen LogP contribution >= 0.6 is 46.0 Å². The molecule has 0 rings (SSSR count). The van der Waals surface area contributed by atoms with Gasteiger partial charge in [0.05, 0.1) is 357 Å². The number of rotatable bonds is 89. The molecule has 45 nitrogen and oxygen atoms in total. The van der Waals surface area contributed by atoms with Crippen molar-refractivity contribution < 1.29 is 211 Å². The minimum Gasteiger partial charge on any atom is -0.779 e. The first kappa shape index (κ1) is 132. The van der Waals surface area contributed by atoms with Gasteiger partial charge in [0, 0.05) is 55.1 Å². The molecule has 0 heterocycles. The van der Waals surface area contributed by atoms with Crippen molar-refractivity contribution >= 4 is 46.0 Å². The first-order chi connectivity index (χ1) is 54.2. The molecule has 0 aliphatic heterocycles. The third-order valence-corrected chi connectivity index (χ3v) is 16.0. The van der Waals surface area contributed by atoms with E-state index in [4.69, 9.17) is 118 Å². The number of phosphoric acid groups is 2. The standard InChI is InChI=1S/C18H39O11P.C16H36O13P2.C14H32O12P2.C14H31O9P.4CH4/c1-21-3-4-22-5-6-23-7-8-24-9-10-25-11-12-26-13-14-27-15-16-28-17-18-29-30(2,19)20;1-21-3-4-22-5-6-23-7-8-25-12-15-28-31(19,20)29-16-13-26-10-9-24-11-14-27-30(2,17)18;1-19-3-4-20-5-6-22-10-13-25-28(17,18)26-14-11-23-8-7-21-9-12-24-27(2,15)16;1-17-3-4-18-5-6-19-7-8-20-9-10-21-11-12-22-13-14-23-24(2,15)16;;;;/h3-18H2,1-2H3,(H,19,20);3-16H2,1-2H3,(H,17,18)(H,19,20);3-14H2,1-2H3,(H,15,16)(H,17,18);3-14H2,1-2H3,(H,15,16);4*1H4/p-6. The lowest BCUT2D eigenvalue weighted by atomic mass is 10.6. The Hall–Kier alpha value is -0.180. The molecule has 6 unspecified atom stereocenters. The van der Waals surface area contributed by atoms with E-state index in [9.17, 15) is 56.8 Å². The molecule has 0 aliphatic rings. The maximum atomic E-state index is 11.5. The van der Waals surface area contributed by atoms with Crippen LogP contribution in [0.15, 0.2) is 0 Å². The number of hydrogen-bond acceptors (Lipinski definition) is 45. The fourth-order valence-corrected chi connectivity index (χ4v) is 9.40. The predicted octanol–water partition coefficient (Wildman–Crippen LogP) is 1.23. The molecule has 0 aromatic rings. The molecule has 718 valence electrons. The van der Waals surface area contributed by atoms with Crippen LogP contribution in [0.3, 0.4) is 0 Å². The molecular weight excluding hydrogens is 1700 g/mol. The van der Waals surface area contributed by atoms with Gasteiger partial charge in [0.2, 0.25) is 0 Å². The number of hydrogen-bond donors (Lipinski definition) is 0. The summed E-state index contributed by atoms with van der Waals surface area (Å²) in [6.07, 6.45) is 0. The first-order valence-corrected chi connectivity index (χ1v) is 47.0. The fraction of sp³-hybridized carbons (Fsp3) is 1.00. The summed E-state index contributed by atoms with van der Waals surface area (Å²) in [6, 6.07) is 0. The highest BCUT2D eigenvalue weighted by Crippen LogP contribution is 2.38. The van der Waals surface area contributed by atoms with Crippen molar-refractivity contribution in [1.29, 1.82) is 0 Å². The smallest absolute Gasteiger partial charge is 0.268 e. The van der Waals surface area contributed by atoms with Crippen molar-refractivity contribution in [3.63, 3.8) is 0 Å². The van der Waals surface area contributed by atoms with Crippen molar-refractivity contribution in [1.82, 2.24) is 0 Å². The van der Waals surface area contributed by atoms with Gasteiger partial charge in [0.15, 0.2) is 0 Å². The van der Waals surface area contributed by atoms with E-state index >= 15 is 0 Å². The molecule has 6 atom stereocenters. The lowest BCUT2D eigenvalue weighted by Gasteiger charge is -2.22. The maximum Gasteiger partial charge on any atom is 0.268 e. The molecule has 0 saturated carbocycles. The van der Waals surface area contributed by atoms with Crippen molar-refractivity contribution in [3.05, 3.63) is 0 Å². The second-order valence-corrected chi connectivity index (χ2v) is 31.5. The Balaban J connectivity index is -0.000000224. The second-order valence-electron chi connectivity index (χ2n) is 21.5. The molecule has 0 radical (unpaired) electrons. The molecule has 0 aromatic carbocycles. The zero-order chi connectivity index (χ0) is 84.5. The normalized spacial score (nSPS) is 14.3. The van der Waals surface area contributed by atoms with Crippen LogP contribution in [0.1, 0.15) is 29.7 Å². The monoisotopic (exact) mass is 1850 g/mol. The number of phosphoric ester groups is 2. The SMILES string of the molecule is C.C.C.C.COCCOCCOCCOCCOCCOCCOCCOCCOP(C)(=O)[O-].COCCOCCOCCOCCOCCOCCOP(C)(=O)[O-].COCCOCCOCCOCCOP(=O)([O-])OCCOCCOCCOP(C)(=O)[O-].COCCOCCOCCOP(=O)([O-])OCCOCCOCCOP(C)(=O)[O-]. The van der Waals surface area contributed by atoms with Gasteiger partial charge in [-0.25, -0.2) is 0 Å². The average Bonchev–Trinajstić information content (AvgIpc) is 0.942. The Morgan fingerprint density at radius 3 is 0.308 bits per heavy atom. The van der Waals surface area contributed by atoms with Crippen LogP contribution in [0.2, 0.25) is 0 Å². The second kappa shape index (κ2) is 101. The van der Waals surface area contributed by atoms with Gasteiger partial charge in [-0.2, -0.15) is 0 Å². The minimum atomic E-state index is -4.43. The topological polar surface area (TPSA) is 545 Å². The van der Waals surface area contributed by atoms with Gasteiger partial charge in [-0.05, 0) is 0 Å². The summed E-state index contributed by atoms with van der Waals surface area (Å²) < 4.78 is 232. The van der Waals surface area contributed by atoms with Crippen LogP contribution < -0.4 is 29.4 Å². The summed E-state index contributed by atoms with van der Waals surface area (Å²) >= 11 is 0. The first-order valence-electron chi connectivity index (χ1n) is 36.2. The highest BCUT2D eigenvalue weighted by atomic mass is 31.2. The molecular formula is C66H148O45P6-6. The molecule has 0 fully saturated rings. The van der Waals surface area contributed by atoms with Gasteiger partial charge in [-0.1, -0.05) is 29.7 Å². The van der Waals surface area contributed by atoms with Crippen LogP contribution in [-0.2, 0) is 182 Å². The summed E-state index contributed by atoms with van der Waals surface area (Å²) in [7, 11) is -17.2. The van der Waals surface area contributed by atoms with Gasteiger partial charge >= 0.3 is 0 Å². The summed E-state index contributed by atoms with van der Waals surface area (Å²) in [5, 5.41) is 0. The van der Waals surface area contributed by atoms with Gasteiger partial charge in [0.25, 0.3) is 15.6 Å². The summed E-state index contributed by atoms with van der Waals surface area (Å²) in [5.74, 6) is 0. The summed E-state index contributed by atoms with van der Waals surface area (Å²) in [5.41, 5.74) is 0. The Morgan fingerprint density at radius 2 is 0.222 bits per heavy atom. The molecule has 51 heteroatoms. The molecule has 117 heavy (non-hydrogen) atoms. The highest BCUT2D eigenvalue weighted by molar-refractivity contribution is 7.51. The van der Waals surface area contributed by atoms with E-state index < -0.39 is 46.0 Å². The number of methoxy groups -OCH3 is 4. The predicted molar refractivity (Wildman–Crippen MR) is 419 cm³/mol. The third-order valence-electron chi connectivity index (χ3n) is 11.4. The summed E-state index contributed by atoms with van der Waals surface area (Å²) in [6.45, 7) is 20.9. The van der Waals surface area contributed by atoms with Gasteiger partial charge in [0.1, 0.15) is 30.4 Å². The van der Waals surface area contributed by atoms with E-state index in [0.717, 1.165) is 26.7 Å². The van der Waals surface area contributed by atoms with Gasteiger partial charge < -0.3 is 202 Å². The Morgan fingerprint density at radius 1 is 0.145 bits per heavy atom. The lowest BCUT2D eigenvalue weighted by molar-refractivity contribution is -0.228. The van der Waals surface area contributed by atoms with E-state index in [1.807, 2.05) is 0 Å². The quantitative estimate of drug-likeness (QED) is 0.0610. The van der Waals surface area contributed by atoms with Crippen LogP contribution in [0, 0.1) is 0 Å². The Labute approximate surface area is 696 Å². The van der Waals surface area contributed by atoms with E-state index in [0.29, 0.717) is 225 Å².